The van der Waals surface area contributed by atoms with Crippen LogP contribution in [-0.2, 0) is 19.2 Å². The highest BCUT2D eigenvalue weighted by atomic mass is 32.1. The normalized spacial score (nSPS) is 20.5. The molecule has 2 aromatic rings. The second-order valence-electron chi connectivity index (χ2n) is 6.74. The van der Waals surface area contributed by atoms with E-state index in [9.17, 15) is 28.4 Å². The molecule has 2 fully saturated rings. The third-order valence-electron chi connectivity index (χ3n) is 4.74. The maximum atomic E-state index is 13.2. The second kappa shape index (κ2) is 8.12. The van der Waals surface area contributed by atoms with Crippen molar-refractivity contribution in [2.45, 2.75) is 0 Å². The van der Waals surface area contributed by atoms with Crippen LogP contribution in [0.25, 0.3) is 0 Å². The van der Waals surface area contributed by atoms with Gasteiger partial charge in [0.1, 0.15) is 17.3 Å². The summed E-state index contributed by atoms with van der Waals surface area (Å²) in [4.78, 5) is 64.7. The Morgan fingerprint density at radius 2 is 1.47 bits per heavy atom. The molecule has 0 aliphatic carbocycles. The zero-order valence-corrected chi connectivity index (χ0v) is 16.9. The van der Waals surface area contributed by atoms with Crippen molar-refractivity contribution in [2.75, 3.05) is 9.80 Å². The van der Waals surface area contributed by atoms with Crippen molar-refractivity contribution in [1.29, 1.82) is 0 Å². The van der Waals surface area contributed by atoms with Crippen molar-refractivity contribution in [2.24, 2.45) is 5.92 Å². The predicted molar refractivity (Wildman–Crippen MR) is 114 cm³/mol. The minimum Gasteiger partial charge on any atom is -0.301 e. The van der Waals surface area contributed by atoms with E-state index in [0.29, 0.717) is 10.6 Å². The monoisotopic (exact) mass is 452 g/mol. The Morgan fingerprint density at radius 3 is 2.12 bits per heavy atom. The molecule has 0 spiro atoms. The number of nitrogens with one attached hydrogen (secondary N) is 2. The lowest BCUT2D eigenvalue weighted by Crippen LogP contribution is -2.58. The third kappa shape index (κ3) is 3.65. The fourth-order valence-corrected chi connectivity index (χ4v) is 3.52. The molecule has 2 saturated heterocycles. The molecule has 11 heteroatoms. The summed E-state index contributed by atoms with van der Waals surface area (Å²) in [6.45, 7) is 0. The first kappa shape index (κ1) is 21.0. The average Bonchev–Trinajstić information content (AvgIpc) is 2.75. The summed E-state index contributed by atoms with van der Waals surface area (Å²) in [5.41, 5.74) is -0.212. The summed E-state index contributed by atoms with van der Waals surface area (Å²) in [5.74, 6) is -5.89. The number of nitrogens with zero attached hydrogens (tertiary/aromatic N) is 2. The molecule has 32 heavy (non-hydrogen) atoms. The number of carbonyl (C=O) groups excluding carboxylic acids is 5. The van der Waals surface area contributed by atoms with Crippen LogP contribution in [0.1, 0.15) is 0 Å². The number of imide groups is 2. The summed E-state index contributed by atoms with van der Waals surface area (Å²) < 4.78 is 13.2. The Hall–Kier alpha value is -4.25. The van der Waals surface area contributed by atoms with Gasteiger partial charge in [-0.25, -0.2) is 14.1 Å². The van der Waals surface area contributed by atoms with Crippen molar-refractivity contribution >= 4 is 58.4 Å². The molecule has 2 heterocycles. The molecule has 4 rings (SSSR count). The Morgan fingerprint density at radius 1 is 0.844 bits per heavy atom. The van der Waals surface area contributed by atoms with Gasteiger partial charge in [-0.05, 0) is 54.7 Å². The highest BCUT2D eigenvalue weighted by Crippen LogP contribution is 2.25. The number of barbiturate groups is 1. The Labute approximate surface area is 185 Å². The smallest absolute Gasteiger partial charge is 0.301 e. The Bertz CT molecular complexity index is 1210. The van der Waals surface area contributed by atoms with E-state index in [4.69, 9.17) is 12.2 Å². The first-order valence-electron chi connectivity index (χ1n) is 9.19. The van der Waals surface area contributed by atoms with E-state index in [1.807, 2.05) is 5.32 Å². The van der Waals surface area contributed by atoms with Crippen LogP contribution in [0.4, 0.5) is 20.6 Å². The van der Waals surface area contributed by atoms with Gasteiger partial charge in [0, 0.05) is 0 Å². The van der Waals surface area contributed by atoms with Crippen molar-refractivity contribution in [3.63, 3.8) is 0 Å². The number of para-hydroxylation sites is 1. The molecule has 0 aromatic heterocycles. The topological polar surface area (TPSA) is 116 Å². The van der Waals surface area contributed by atoms with Crippen LogP contribution < -0.4 is 20.4 Å². The van der Waals surface area contributed by atoms with E-state index in [0.717, 1.165) is 23.1 Å². The molecule has 160 valence electrons. The van der Waals surface area contributed by atoms with E-state index >= 15 is 0 Å². The summed E-state index contributed by atoms with van der Waals surface area (Å²) in [7, 11) is 0. The number of hydrogen-bond donors (Lipinski definition) is 2. The van der Waals surface area contributed by atoms with E-state index in [2.05, 4.69) is 5.32 Å². The Kier molecular flexibility index (Phi) is 5.33. The molecule has 0 radical (unpaired) electrons. The average molecular weight is 452 g/mol. The Balaban J connectivity index is 1.71. The zero-order valence-electron chi connectivity index (χ0n) is 16.1. The highest BCUT2D eigenvalue weighted by Gasteiger charge is 2.42. The molecule has 0 unspecified atom stereocenters. The number of carbonyl (C=O) groups is 5. The van der Waals surface area contributed by atoms with Crippen LogP contribution in [0.2, 0.25) is 0 Å². The molecule has 1 atom stereocenters. The highest BCUT2D eigenvalue weighted by molar-refractivity contribution is 7.80. The van der Waals surface area contributed by atoms with Gasteiger partial charge in [-0.3, -0.25) is 29.4 Å². The lowest BCUT2D eigenvalue weighted by molar-refractivity contribution is -0.131. The summed E-state index contributed by atoms with van der Waals surface area (Å²) in [6, 6.07) is 11.6. The van der Waals surface area contributed by atoms with Crippen LogP contribution in [0.15, 0.2) is 66.2 Å². The predicted octanol–water partition coefficient (Wildman–Crippen LogP) is 1.40. The number of urea groups is 1. The van der Waals surface area contributed by atoms with Gasteiger partial charge in [-0.15, -0.1) is 0 Å². The van der Waals surface area contributed by atoms with Crippen molar-refractivity contribution in [3.05, 3.63) is 72.1 Å². The quantitative estimate of drug-likeness (QED) is 0.315. The van der Waals surface area contributed by atoms with Crippen LogP contribution in [0.5, 0.6) is 0 Å². The maximum Gasteiger partial charge on any atom is 0.335 e. The number of hydrogen-bond acceptors (Lipinski definition) is 6. The van der Waals surface area contributed by atoms with Crippen molar-refractivity contribution < 1.29 is 28.4 Å². The van der Waals surface area contributed by atoms with Gasteiger partial charge >= 0.3 is 6.03 Å². The van der Waals surface area contributed by atoms with Gasteiger partial charge in [0.15, 0.2) is 5.11 Å². The standard InChI is InChI=1S/C21H13FN4O5S/c22-11-6-8-13(9-7-11)25-18(29)14(16(27)23-20(25)31)10-15-17(28)24-21(32)26(19(15)30)12-4-2-1-3-5-12/h1-10,15H,(H,23,27,31)(H,24,28,32)/b14-10+/t15-/m1/s1. The summed E-state index contributed by atoms with van der Waals surface area (Å²) in [6.07, 6.45) is 0.885. The number of halogens is 1. The number of thiocarbonyl (C=S) groups is 1. The van der Waals surface area contributed by atoms with Crippen molar-refractivity contribution in [3.8, 4) is 0 Å². The van der Waals surface area contributed by atoms with Gasteiger partial charge in [-0.2, -0.15) is 0 Å². The molecule has 0 saturated carbocycles. The minimum absolute atomic E-state index is 0.00110. The maximum absolute atomic E-state index is 13.2. The van der Waals surface area contributed by atoms with E-state index in [-0.39, 0.29) is 10.8 Å². The number of rotatable bonds is 3. The second-order valence-corrected chi connectivity index (χ2v) is 7.12. The summed E-state index contributed by atoms with van der Waals surface area (Å²) >= 11 is 5.10. The van der Waals surface area contributed by atoms with E-state index in [1.54, 1.807) is 30.3 Å². The fourth-order valence-electron chi connectivity index (χ4n) is 3.23. The first-order chi connectivity index (χ1) is 15.3. The van der Waals surface area contributed by atoms with Gasteiger partial charge < -0.3 is 5.32 Å². The number of anilines is 2. The largest absolute Gasteiger partial charge is 0.335 e. The fraction of sp³-hybridized carbons (Fsp3) is 0.0476. The van der Waals surface area contributed by atoms with Crippen molar-refractivity contribution in [1.82, 2.24) is 10.6 Å². The molecule has 0 bridgehead atoms. The molecule has 2 N–H and O–H groups in total. The molecule has 2 aliphatic heterocycles. The third-order valence-corrected chi connectivity index (χ3v) is 5.02. The number of benzene rings is 2. The molecule has 2 aromatic carbocycles. The lowest BCUT2D eigenvalue weighted by atomic mass is 9.98. The van der Waals surface area contributed by atoms with E-state index in [1.165, 1.54) is 12.1 Å². The van der Waals surface area contributed by atoms with Gasteiger partial charge in [0.05, 0.1) is 11.4 Å². The van der Waals surface area contributed by atoms with Crippen LogP contribution in [-0.4, -0.2) is 34.8 Å². The van der Waals surface area contributed by atoms with Gasteiger partial charge in [-0.1, -0.05) is 18.2 Å². The van der Waals surface area contributed by atoms with Crippen LogP contribution in [0.3, 0.4) is 0 Å². The van der Waals surface area contributed by atoms with Gasteiger partial charge in [0.25, 0.3) is 11.8 Å². The summed E-state index contributed by atoms with van der Waals surface area (Å²) in [5, 5.41) is 4.20. The minimum atomic E-state index is -1.56. The lowest BCUT2D eigenvalue weighted by Gasteiger charge is -2.32. The zero-order chi connectivity index (χ0) is 23.0. The first-order valence-corrected chi connectivity index (χ1v) is 9.60. The van der Waals surface area contributed by atoms with Crippen LogP contribution in [0, 0.1) is 11.7 Å². The molecule has 6 amide bonds. The molecular weight excluding hydrogens is 439 g/mol. The van der Waals surface area contributed by atoms with E-state index < -0.39 is 47.0 Å². The molecular formula is C21H13FN4O5S. The SMILES string of the molecule is O=C1NC(=O)N(c2ccc(F)cc2)C(=O)/C1=C/[C@@H]1C(=O)NC(=S)N(c2ccccc2)C1=O. The van der Waals surface area contributed by atoms with Crippen LogP contribution >= 0.6 is 12.2 Å². The molecule has 2 aliphatic rings. The number of amides is 6. The molecule has 9 nitrogen and oxygen atoms in total. The van der Waals surface area contributed by atoms with Gasteiger partial charge in [0.2, 0.25) is 11.8 Å².